The van der Waals surface area contributed by atoms with E-state index in [-0.39, 0.29) is 24.4 Å². The third kappa shape index (κ3) is 5.99. The first kappa shape index (κ1) is 17.8. The van der Waals surface area contributed by atoms with Crippen molar-refractivity contribution in [2.75, 3.05) is 20.2 Å². The zero-order chi connectivity index (χ0) is 16.5. The third-order valence-corrected chi connectivity index (χ3v) is 2.99. The average Bonchev–Trinajstić information content (AvgIpc) is 2.49. The molecule has 0 saturated heterocycles. The number of nitrogens with one attached hydrogen (secondary N) is 1. The van der Waals surface area contributed by atoms with Crippen molar-refractivity contribution in [1.82, 2.24) is 10.2 Å². The van der Waals surface area contributed by atoms with E-state index in [1.165, 1.54) is 11.0 Å². The molecule has 0 unspecified atom stereocenters. The zero-order valence-corrected chi connectivity index (χ0v) is 13.6. The number of benzene rings is 1. The van der Waals surface area contributed by atoms with Crippen molar-refractivity contribution in [2.24, 2.45) is 0 Å². The predicted molar refractivity (Wildman–Crippen MR) is 87.6 cm³/mol. The first-order valence-corrected chi connectivity index (χ1v) is 7.36. The molecule has 120 valence electrons. The van der Waals surface area contributed by atoms with Crippen molar-refractivity contribution in [2.45, 2.75) is 26.8 Å². The molecule has 1 rings (SSSR count). The van der Waals surface area contributed by atoms with Gasteiger partial charge in [0.15, 0.2) is 0 Å². The lowest BCUT2D eigenvalue weighted by molar-refractivity contribution is -0.132. The summed E-state index contributed by atoms with van der Waals surface area (Å²) >= 11 is 0. The van der Waals surface area contributed by atoms with Crippen LogP contribution in [-0.2, 0) is 9.59 Å². The highest BCUT2D eigenvalue weighted by atomic mass is 16.5. The number of carbonyl (C=O) groups excluding carboxylic acids is 2. The minimum Gasteiger partial charge on any atom is -0.497 e. The third-order valence-electron chi connectivity index (χ3n) is 2.99. The summed E-state index contributed by atoms with van der Waals surface area (Å²) in [5.74, 6) is 0.391. The van der Waals surface area contributed by atoms with Gasteiger partial charge in [-0.05, 0) is 44.5 Å². The van der Waals surface area contributed by atoms with Crippen LogP contribution in [0.5, 0.6) is 5.75 Å². The van der Waals surface area contributed by atoms with Crippen molar-refractivity contribution in [3.63, 3.8) is 0 Å². The molecule has 0 saturated carbocycles. The van der Waals surface area contributed by atoms with Crippen LogP contribution in [0.1, 0.15) is 26.3 Å². The van der Waals surface area contributed by atoms with E-state index in [2.05, 4.69) is 5.32 Å². The van der Waals surface area contributed by atoms with Crippen LogP contribution in [0, 0.1) is 0 Å². The summed E-state index contributed by atoms with van der Waals surface area (Å²) in [6.45, 7) is 6.17. The summed E-state index contributed by atoms with van der Waals surface area (Å²) in [5, 5.41) is 2.78. The van der Waals surface area contributed by atoms with Gasteiger partial charge in [0.05, 0.1) is 13.7 Å². The molecule has 0 spiro atoms. The van der Waals surface area contributed by atoms with E-state index in [0.29, 0.717) is 6.54 Å². The van der Waals surface area contributed by atoms with Gasteiger partial charge in [-0.25, -0.2) is 0 Å². The van der Waals surface area contributed by atoms with Crippen LogP contribution in [0.2, 0.25) is 0 Å². The molecule has 0 aliphatic carbocycles. The number of hydrogen-bond donors (Lipinski definition) is 1. The Labute approximate surface area is 132 Å². The van der Waals surface area contributed by atoms with Gasteiger partial charge >= 0.3 is 0 Å². The monoisotopic (exact) mass is 304 g/mol. The topological polar surface area (TPSA) is 58.6 Å². The van der Waals surface area contributed by atoms with Crippen LogP contribution in [0.4, 0.5) is 0 Å². The van der Waals surface area contributed by atoms with Gasteiger partial charge in [-0.2, -0.15) is 0 Å². The Hall–Kier alpha value is -2.30. The number of rotatable bonds is 7. The van der Waals surface area contributed by atoms with Gasteiger partial charge in [0.2, 0.25) is 11.8 Å². The van der Waals surface area contributed by atoms with Crippen LogP contribution in [0.25, 0.3) is 6.08 Å². The second kappa shape index (κ2) is 8.87. The fourth-order valence-electron chi connectivity index (χ4n) is 1.90. The molecular formula is C17H24N2O3. The van der Waals surface area contributed by atoms with Crippen LogP contribution in [0.15, 0.2) is 30.3 Å². The lowest BCUT2D eigenvalue weighted by atomic mass is 10.2. The molecule has 0 aliphatic heterocycles. The fourth-order valence-corrected chi connectivity index (χ4v) is 1.90. The van der Waals surface area contributed by atoms with E-state index < -0.39 is 0 Å². The normalized spacial score (nSPS) is 10.8. The van der Waals surface area contributed by atoms with Gasteiger partial charge in [0.1, 0.15) is 5.75 Å². The second-order valence-electron chi connectivity index (χ2n) is 5.18. The maximum atomic E-state index is 12.2. The van der Waals surface area contributed by atoms with E-state index in [1.54, 1.807) is 13.2 Å². The van der Waals surface area contributed by atoms with Crippen LogP contribution < -0.4 is 10.1 Å². The van der Waals surface area contributed by atoms with Crippen molar-refractivity contribution in [3.05, 3.63) is 35.9 Å². The Morgan fingerprint density at radius 2 is 2.09 bits per heavy atom. The second-order valence-corrected chi connectivity index (χ2v) is 5.18. The Balaban J connectivity index is 2.67. The van der Waals surface area contributed by atoms with Crippen LogP contribution in [-0.4, -0.2) is 43.0 Å². The molecule has 0 heterocycles. The van der Waals surface area contributed by atoms with E-state index >= 15 is 0 Å². The maximum absolute atomic E-state index is 12.2. The van der Waals surface area contributed by atoms with Gasteiger partial charge in [-0.3, -0.25) is 9.59 Å². The molecule has 5 nitrogen and oxygen atoms in total. The Kier molecular flexibility index (Phi) is 7.16. The quantitative estimate of drug-likeness (QED) is 0.785. The largest absolute Gasteiger partial charge is 0.497 e. The van der Waals surface area contributed by atoms with E-state index in [1.807, 2.05) is 45.0 Å². The molecule has 0 radical (unpaired) electrons. The van der Waals surface area contributed by atoms with Crippen molar-refractivity contribution < 1.29 is 14.3 Å². The standard InChI is InChI=1S/C17H24N2O3/c1-5-19(12-16(20)18-13(2)3)17(21)10-9-14-7-6-8-15(11-14)22-4/h6-11,13H,5,12H2,1-4H3,(H,18,20)/b10-9+. The van der Waals surface area contributed by atoms with Crippen LogP contribution in [0.3, 0.4) is 0 Å². The number of hydrogen-bond acceptors (Lipinski definition) is 3. The van der Waals surface area contributed by atoms with E-state index in [9.17, 15) is 9.59 Å². The number of ether oxygens (including phenoxy) is 1. The summed E-state index contributed by atoms with van der Waals surface area (Å²) in [4.78, 5) is 25.4. The lowest BCUT2D eigenvalue weighted by Crippen LogP contribution is -2.42. The summed E-state index contributed by atoms with van der Waals surface area (Å²) in [7, 11) is 1.60. The Bertz CT molecular complexity index is 538. The Morgan fingerprint density at radius 3 is 2.68 bits per heavy atom. The molecule has 1 aromatic rings. The molecule has 0 aliphatic rings. The molecule has 0 aromatic heterocycles. The summed E-state index contributed by atoms with van der Waals surface area (Å²) in [6, 6.07) is 7.48. The highest BCUT2D eigenvalue weighted by molar-refractivity contribution is 5.94. The molecular weight excluding hydrogens is 280 g/mol. The smallest absolute Gasteiger partial charge is 0.247 e. The van der Waals surface area contributed by atoms with Gasteiger partial charge in [0.25, 0.3) is 0 Å². The first-order chi connectivity index (χ1) is 10.5. The molecule has 0 atom stereocenters. The molecule has 5 heteroatoms. The van der Waals surface area contributed by atoms with E-state index in [4.69, 9.17) is 4.74 Å². The number of nitrogens with zero attached hydrogens (tertiary/aromatic N) is 1. The molecule has 0 bridgehead atoms. The lowest BCUT2D eigenvalue weighted by Gasteiger charge is -2.19. The Morgan fingerprint density at radius 1 is 1.36 bits per heavy atom. The first-order valence-electron chi connectivity index (χ1n) is 7.36. The van der Waals surface area contributed by atoms with E-state index in [0.717, 1.165) is 11.3 Å². The highest BCUT2D eigenvalue weighted by Gasteiger charge is 2.13. The van der Waals surface area contributed by atoms with Gasteiger partial charge in [0, 0.05) is 18.7 Å². The fraction of sp³-hybridized carbons (Fsp3) is 0.412. The average molecular weight is 304 g/mol. The highest BCUT2D eigenvalue weighted by Crippen LogP contribution is 2.13. The number of carbonyl (C=O) groups is 2. The van der Waals surface area contributed by atoms with Crippen LogP contribution >= 0.6 is 0 Å². The minimum atomic E-state index is -0.191. The number of methoxy groups -OCH3 is 1. The molecule has 0 fully saturated rings. The summed E-state index contributed by atoms with van der Waals surface area (Å²) < 4.78 is 5.14. The summed E-state index contributed by atoms with van der Waals surface area (Å²) in [6.07, 6.45) is 3.19. The van der Waals surface area contributed by atoms with Gasteiger partial charge in [-0.15, -0.1) is 0 Å². The maximum Gasteiger partial charge on any atom is 0.247 e. The SMILES string of the molecule is CCN(CC(=O)NC(C)C)C(=O)/C=C/c1cccc(OC)c1. The van der Waals surface area contributed by atoms with Gasteiger partial charge in [-0.1, -0.05) is 12.1 Å². The molecule has 22 heavy (non-hydrogen) atoms. The van der Waals surface area contributed by atoms with Crippen molar-refractivity contribution in [1.29, 1.82) is 0 Å². The predicted octanol–water partition coefficient (Wildman–Crippen LogP) is 2.08. The number of amides is 2. The minimum absolute atomic E-state index is 0.0635. The molecule has 1 aromatic carbocycles. The molecule has 1 N–H and O–H groups in total. The zero-order valence-electron chi connectivity index (χ0n) is 13.6. The summed E-state index contributed by atoms with van der Waals surface area (Å²) in [5.41, 5.74) is 0.871. The number of likely N-dealkylation sites (N-methyl/N-ethyl adjacent to an activating group) is 1. The van der Waals surface area contributed by atoms with Crippen molar-refractivity contribution in [3.8, 4) is 5.75 Å². The van der Waals surface area contributed by atoms with Gasteiger partial charge < -0.3 is 15.0 Å². The van der Waals surface area contributed by atoms with Crippen molar-refractivity contribution >= 4 is 17.9 Å². The molecule has 2 amide bonds.